The van der Waals surface area contributed by atoms with Crippen molar-refractivity contribution in [2.75, 3.05) is 0 Å². The van der Waals surface area contributed by atoms with Gasteiger partial charge < -0.3 is 9.63 Å². The zero-order valence-corrected chi connectivity index (χ0v) is 16.3. The van der Waals surface area contributed by atoms with Gasteiger partial charge in [0.1, 0.15) is 0 Å². The van der Waals surface area contributed by atoms with Crippen LogP contribution < -0.4 is 0 Å². The lowest BCUT2D eigenvalue weighted by Gasteiger charge is -2.07. The Morgan fingerprint density at radius 1 is 1.00 bits per heavy atom. The highest BCUT2D eigenvalue weighted by Crippen LogP contribution is 2.36. The van der Waals surface area contributed by atoms with Crippen molar-refractivity contribution in [3.63, 3.8) is 0 Å². The quantitative estimate of drug-likeness (QED) is 0.205. The molecule has 148 valence electrons. The maximum Gasteiger partial charge on any atom is 0.526 e. The van der Waals surface area contributed by atoms with Crippen molar-refractivity contribution < 1.29 is 28.8 Å². The molecule has 0 fully saturated rings. The highest BCUT2D eigenvalue weighted by molar-refractivity contribution is 7.46. The minimum Gasteiger partial charge on any atom is -0.393 e. The van der Waals surface area contributed by atoms with E-state index in [1.54, 1.807) is 0 Å². The highest BCUT2D eigenvalue weighted by Gasteiger charge is 2.19. The minimum absolute atomic E-state index is 0.0428. The zero-order valence-electron chi connectivity index (χ0n) is 15.4. The highest BCUT2D eigenvalue weighted by atomic mass is 31.2. The molecule has 6 nitrogen and oxygen atoms in total. The Labute approximate surface area is 151 Å². The molecule has 0 aromatic heterocycles. The maximum absolute atomic E-state index is 11.1. The number of aliphatic hydroxyl groups excluding tert-OH is 1. The molecule has 0 spiro atoms. The van der Waals surface area contributed by atoms with Gasteiger partial charge in [-0.1, -0.05) is 64.0 Å². The molecule has 7 heteroatoms. The summed E-state index contributed by atoms with van der Waals surface area (Å²) in [6, 6.07) is 0. The lowest BCUT2D eigenvalue weighted by Crippen LogP contribution is -2.04. The molecule has 0 aromatic rings. The van der Waals surface area contributed by atoms with Crippen molar-refractivity contribution in [2.24, 2.45) is 0 Å². The number of phosphoric ester groups is 1. The molecule has 0 aliphatic heterocycles. The predicted octanol–water partition coefficient (Wildman–Crippen LogP) is 4.63. The van der Waals surface area contributed by atoms with Gasteiger partial charge in [0.05, 0.1) is 6.10 Å². The van der Waals surface area contributed by atoms with Crippen LogP contribution in [0.4, 0.5) is 0 Å². The number of carbonyl (C=O) groups excluding carboxylic acids is 1. The van der Waals surface area contributed by atoms with Crippen LogP contribution >= 0.6 is 7.82 Å². The van der Waals surface area contributed by atoms with Gasteiger partial charge in [0.2, 0.25) is 0 Å². The summed E-state index contributed by atoms with van der Waals surface area (Å²) in [6.45, 7) is 2.18. The Morgan fingerprint density at radius 3 is 2.32 bits per heavy atom. The van der Waals surface area contributed by atoms with E-state index in [9.17, 15) is 14.5 Å². The maximum atomic E-state index is 11.1. The van der Waals surface area contributed by atoms with E-state index >= 15 is 0 Å². The monoisotopic (exact) mass is 378 g/mol. The molecule has 25 heavy (non-hydrogen) atoms. The summed E-state index contributed by atoms with van der Waals surface area (Å²) < 4.78 is 14.4. The number of aliphatic hydroxyl groups is 1. The van der Waals surface area contributed by atoms with Gasteiger partial charge in [-0.05, 0) is 32.1 Å². The molecule has 0 aliphatic carbocycles. The van der Waals surface area contributed by atoms with Crippen LogP contribution in [0.5, 0.6) is 0 Å². The van der Waals surface area contributed by atoms with E-state index in [1.807, 2.05) is 0 Å². The number of phosphoric acid groups is 1. The molecule has 0 aliphatic rings. The van der Waals surface area contributed by atoms with Crippen LogP contribution in [0.1, 0.15) is 90.4 Å². The van der Waals surface area contributed by atoms with Gasteiger partial charge in [-0.25, -0.2) is 4.57 Å². The minimum atomic E-state index is -4.69. The molecular weight excluding hydrogens is 343 g/mol. The third-order valence-corrected chi connectivity index (χ3v) is 4.38. The first-order chi connectivity index (χ1) is 11.8. The Morgan fingerprint density at radius 2 is 1.64 bits per heavy atom. The molecule has 0 radical (unpaired) electrons. The molecule has 0 aromatic carbocycles. The van der Waals surface area contributed by atoms with Gasteiger partial charge >= 0.3 is 13.8 Å². The number of hydrogen-bond acceptors (Lipinski definition) is 4. The van der Waals surface area contributed by atoms with E-state index in [4.69, 9.17) is 9.79 Å². The summed E-state index contributed by atoms with van der Waals surface area (Å²) in [7, 11) is -4.69. The number of allylic oxidation sites excluding steroid dienone is 1. The van der Waals surface area contributed by atoms with Gasteiger partial charge in [-0.2, -0.15) is 0 Å². The Kier molecular flexibility index (Phi) is 15.1. The van der Waals surface area contributed by atoms with Crippen LogP contribution in [-0.4, -0.2) is 27.0 Å². The van der Waals surface area contributed by atoms with Crippen LogP contribution in [0.3, 0.4) is 0 Å². The molecule has 0 saturated heterocycles. The van der Waals surface area contributed by atoms with E-state index in [2.05, 4.69) is 23.6 Å². The Hall–Kier alpha value is -0.680. The molecule has 3 N–H and O–H groups in total. The zero-order chi connectivity index (χ0) is 19.0. The van der Waals surface area contributed by atoms with E-state index < -0.39 is 13.8 Å². The largest absolute Gasteiger partial charge is 0.526 e. The summed E-state index contributed by atoms with van der Waals surface area (Å²) in [4.78, 5) is 28.0. The number of carbonyl (C=O) groups is 1. The van der Waals surface area contributed by atoms with E-state index in [1.165, 1.54) is 19.3 Å². The number of unbranched alkanes of at least 4 members (excludes halogenated alkanes) is 8. The number of hydrogen-bond donors (Lipinski definition) is 3. The second-order valence-electron chi connectivity index (χ2n) is 6.47. The van der Waals surface area contributed by atoms with Gasteiger partial charge in [0, 0.05) is 6.42 Å². The van der Waals surface area contributed by atoms with E-state index in [0.29, 0.717) is 6.42 Å². The molecule has 0 saturated carbocycles. The molecule has 0 rings (SSSR count). The fourth-order valence-electron chi connectivity index (χ4n) is 2.54. The third kappa shape index (κ3) is 19.5. The average molecular weight is 378 g/mol. The van der Waals surface area contributed by atoms with Crippen molar-refractivity contribution in [2.45, 2.75) is 96.5 Å². The van der Waals surface area contributed by atoms with Gasteiger partial charge in [0.25, 0.3) is 0 Å². The molecular formula is C18H35O6P. The van der Waals surface area contributed by atoms with Crippen LogP contribution in [-0.2, 0) is 13.9 Å². The summed E-state index contributed by atoms with van der Waals surface area (Å²) in [5.41, 5.74) is 0. The van der Waals surface area contributed by atoms with Crippen molar-refractivity contribution in [1.29, 1.82) is 0 Å². The first-order valence-electron chi connectivity index (χ1n) is 9.46. The summed E-state index contributed by atoms with van der Waals surface area (Å²) >= 11 is 0. The molecule has 0 bridgehead atoms. The Balaban J connectivity index is 3.40. The summed E-state index contributed by atoms with van der Waals surface area (Å²) in [5.74, 6) is -0.843. The molecule has 0 unspecified atom stereocenters. The van der Waals surface area contributed by atoms with Crippen LogP contribution in [0.15, 0.2) is 12.2 Å². The first kappa shape index (κ1) is 24.3. The van der Waals surface area contributed by atoms with Crippen molar-refractivity contribution >= 4 is 13.8 Å². The first-order valence-corrected chi connectivity index (χ1v) is 11.0. The van der Waals surface area contributed by atoms with E-state index in [0.717, 1.165) is 51.4 Å². The number of rotatable bonds is 16. The standard InChI is InChI=1S/C18H35O6P/c1-2-3-4-11-14-17(19)15-12-9-7-5-6-8-10-13-16-18(20)24-25(21,22)23/h9,12,17,19H,2-8,10-11,13-16H2,1H3,(H2,21,22,23)/b12-9-/t17-/m1/s1. The summed E-state index contributed by atoms with van der Waals surface area (Å²) in [5, 5.41) is 9.83. The predicted molar refractivity (Wildman–Crippen MR) is 99.0 cm³/mol. The second kappa shape index (κ2) is 15.6. The molecule has 0 heterocycles. The smallest absolute Gasteiger partial charge is 0.393 e. The van der Waals surface area contributed by atoms with Gasteiger partial charge in [0.15, 0.2) is 0 Å². The topological polar surface area (TPSA) is 104 Å². The van der Waals surface area contributed by atoms with Gasteiger partial charge in [-0.3, -0.25) is 14.6 Å². The lowest BCUT2D eigenvalue weighted by atomic mass is 10.1. The van der Waals surface area contributed by atoms with Crippen LogP contribution in [0, 0.1) is 0 Å². The molecule has 0 amide bonds. The summed E-state index contributed by atoms with van der Waals surface area (Å²) in [6.07, 6.45) is 15.9. The second-order valence-corrected chi connectivity index (χ2v) is 7.63. The van der Waals surface area contributed by atoms with Crippen LogP contribution in [0.2, 0.25) is 0 Å². The SMILES string of the molecule is CCCCCC[C@@H](O)C/C=C\CCCCCCCC(=O)OP(=O)(O)O. The van der Waals surface area contributed by atoms with Crippen molar-refractivity contribution in [3.8, 4) is 0 Å². The van der Waals surface area contributed by atoms with Crippen molar-refractivity contribution in [3.05, 3.63) is 12.2 Å². The normalized spacial score (nSPS) is 13.3. The molecule has 1 atom stereocenters. The fraction of sp³-hybridized carbons (Fsp3) is 0.833. The lowest BCUT2D eigenvalue weighted by molar-refractivity contribution is -0.135. The van der Waals surface area contributed by atoms with Crippen LogP contribution in [0.25, 0.3) is 0 Å². The average Bonchev–Trinajstić information content (AvgIpc) is 2.51. The van der Waals surface area contributed by atoms with E-state index in [-0.39, 0.29) is 12.5 Å². The van der Waals surface area contributed by atoms with Crippen molar-refractivity contribution in [1.82, 2.24) is 0 Å². The fourth-order valence-corrected chi connectivity index (χ4v) is 2.89. The Bertz CT molecular complexity index is 404. The third-order valence-electron chi connectivity index (χ3n) is 3.94. The van der Waals surface area contributed by atoms with Gasteiger partial charge in [-0.15, -0.1) is 0 Å².